The summed E-state index contributed by atoms with van der Waals surface area (Å²) in [5.41, 5.74) is 2.39. The minimum atomic E-state index is -3.08. The van der Waals surface area contributed by atoms with Crippen molar-refractivity contribution in [2.24, 2.45) is 0 Å². The Balaban J connectivity index is 1.55. The molecule has 1 fully saturated rings. The lowest BCUT2D eigenvalue weighted by Crippen LogP contribution is -2.43. The number of hydrogen-bond acceptors (Lipinski definition) is 5. The summed E-state index contributed by atoms with van der Waals surface area (Å²) in [7, 11) is 0. The third-order valence-electron chi connectivity index (χ3n) is 4.40. The van der Waals surface area contributed by atoms with E-state index >= 15 is 0 Å². The number of carbonyl (C=O) groups excluding carboxylic acids is 2. The number of aromatic nitrogens is 1. The van der Waals surface area contributed by atoms with Crippen LogP contribution in [0.1, 0.15) is 33.0 Å². The zero-order valence-electron chi connectivity index (χ0n) is 15.1. The maximum absolute atomic E-state index is 13.4. The standard InChI is InChI=1S/C19H18F2N4O2S/c1-12-2-4-13(5-3-12)6-16-24-15(10-28-16)18(27)23-9-17(26)25-11-19(20,21)7-14(25)8-22/h2-5,10,14H,6-7,9,11H2,1H3,(H,23,27)/t14-/m0/s1. The first kappa shape index (κ1) is 19.9. The van der Waals surface area contributed by atoms with Crippen molar-refractivity contribution in [1.82, 2.24) is 15.2 Å². The predicted octanol–water partition coefficient (Wildman–Crippen LogP) is 2.53. The fourth-order valence-corrected chi connectivity index (χ4v) is 3.73. The Morgan fingerprint density at radius 3 is 2.79 bits per heavy atom. The van der Waals surface area contributed by atoms with Gasteiger partial charge in [-0.05, 0) is 12.5 Å². The van der Waals surface area contributed by atoms with Crippen molar-refractivity contribution in [3.63, 3.8) is 0 Å². The molecule has 0 spiro atoms. The number of benzene rings is 1. The second-order valence-electron chi connectivity index (χ2n) is 6.70. The van der Waals surface area contributed by atoms with Crippen LogP contribution in [0.2, 0.25) is 0 Å². The van der Waals surface area contributed by atoms with Crippen molar-refractivity contribution in [2.75, 3.05) is 13.1 Å². The highest BCUT2D eigenvalue weighted by Gasteiger charge is 2.47. The van der Waals surface area contributed by atoms with Crippen LogP contribution in [0.4, 0.5) is 8.78 Å². The number of carbonyl (C=O) groups is 2. The summed E-state index contributed by atoms with van der Waals surface area (Å²) < 4.78 is 26.8. The summed E-state index contributed by atoms with van der Waals surface area (Å²) in [4.78, 5) is 29.4. The molecule has 0 unspecified atom stereocenters. The van der Waals surface area contributed by atoms with E-state index in [4.69, 9.17) is 5.26 Å². The molecule has 9 heteroatoms. The first-order valence-electron chi connectivity index (χ1n) is 8.62. The Bertz CT molecular complexity index is 921. The molecule has 3 rings (SSSR count). The van der Waals surface area contributed by atoms with Gasteiger partial charge >= 0.3 is 0 Å². The molecule has 0 radical (unpaired) electrons. The number of amides is 2. The van der Waals surface area contributed by atoms with Gasteiger partial charge in [0.2, 0.25) is 5.91 Å². The molecule has 0 aliphatic carbocycles. The number of nitrogens with one attached hydrogen (secondary N) is 1. The second-order valence-corrected chi connectivity index (χ2v) is 7.64. The van der Waals surface area contributed by atoms with Gasteiger partial charge in [0.15, 0.2) is 0 Å². The number of nitriles is 1. The normalized spacial score (nSPS) is 17.9. The maximum atomic E-state index is 13.4. The molecule has 2 aromatic rings. The minimum absolute atomic E-state index is 0.170. The van der Waals surface area contributed by atoms with Gasteiger partial charge in [-0.2, -0.15) is 5.26 Å². The molecule has 1 saturated heterocycles. The number of thiazole rings is 1. The fourth-order valence-electron chi connectivity index (χ4n) is 2.92. The van der Waals surface area contributed by atoms with Gasteiger partial charge in [0.1, 0.15) is 11.7 Å². The largest absolute Gasteiger partial charge is 0.342 e. The Hall–Kier alpha value is -2.86. The number of aryl methyl sites for hydroxylation is 1. The molecule has 0 bridgehead atoms. The predicted molar refractivity (Wildman–Crippen MR) is 99.1 cm³/mol. The summed E-state index contributed by atoms with van der Waals surface area (Å²) in [5.74, 6) is -4.36. The van der Waals surface area contributed by atoms with Crippen molar-refractivity contribution < 1.29 is 18.4 Å². The Kier molecular flexibility index (Phi) is 5.70. The van der Waals surface area contributed by atoms with Crippen molar-refractivity contribution in [2.45, 2.75) is 31.7 Å². The highest BCUT2D eigenvalue weighted by Crippen LogP contribution is 2.31. The Morgan fingerprint density at radius 2 is 2.11 bits per heavy atom. The fraction of sp³-hybridized carbons (Fsp3) is 0.368. The highest BCUT2D eigenvalue weighted by molar-refractivity contribution is 7.09. The maximum Gasteiger partial charge on any atom is 0.271 e. The lowest BCUT2D eigenvalue weighted by atomic mass is 10.1. The summed E-state index contributed by atoms with van der Waals surface area (Å²) in [6, 6.07) is 8.50. The van der Waals surface area contributed by atoms with E-state index in [9.17, 15) is 18.4 Å². The van der Waals surface area contributed by atoms with E-state index in [1.807, 2.05) is 31.2 Å². The Labute approximate surface area is 164 Å². The molecule has 146 valence electrons. The Morgan fingerprint density at radius 1 is 1.39 bits per heavy atom. The third-order valence-corrected chi connectivity index (χ3v) is 5.25. The molecule has 6 nitrogen and oxygen atoms in total. The first-order valence-corrected chi connectivity index (χ1v) is 9.50. The number of likely N-dealkylation sites (tertiary alicyclic amines) is 1. The van der Waals surface area contributed by atoms with E-state index in [0.29, 0.717) is 6.42 Å². The average Bonchev–Trinajstić information content (AvgIpc) is 3.25. The highest BCUT2D eigenvalue weighted by atomic mass is 32.1. The molecule has 28 heavy (non-hydrogen) atoms. The van der Waals surface area contributed by atoms with Crippen LogP contribution >= 0.6 is 11.3 Å². The van der Waals surface area contributed by atoms with E-state index in [2.05, 4.69) is 10.3 Å². The van der Waals surface area contributed by atoms with Crippen LogP contribution in [-0.2, 0) is 11.2 Å². The number of alkyl halides is 2. The summed E-state index contributed by atoms with van der Waals surface area (Å²) in [6.45, 7) is 0.730. The molecule has 1 aliphatic heterocycles. The molecular formula is C19H18F2N4O2S. The minimum Gasteiger partial charge on any atom is -0.342 e. The second kappa shape index (κ2) is 8.02. The van der Waals surface area contributed by atoms with Crippen LogP contribution < -0.4 is 5.32 Å². The van der Waals surface area contributed by atoms with Gasteiger partial charge in [-0.15, -0.1) is 11.3 Å². The zero-order valence-corrected chi connectivity index (χ0v) is 15.9. The quantitative estimate of drug-likeness (QED) is 0.830. The van der Waals surface area contributed by atoms with Crippen LogP contribution in [0.5, 0.6) is 0 Å². The molecule has 1 aromatic carbocycles. The van der Waals surface area contributed by atoms with Gasteiger partial charge in [-0.25, -0.2) is 13.8 Å². The molecule has 1 N–H and O–H groups in total. The zero-order chi connectivity index (χ0) is 20.3. The number of rotatable bonds is 5. The third kappa shape index (κ3) is 4.70. The van der Waals surface area contributed by atoms with Crippen molar-refractivity contribution in [1.29, 1.82) is 5.26 Å². The molecule has 2 amide bonds. The van der Waals surface area contributed by atoms with Gasteiger partial charge in [-0.1, -0.05) is 29.8 Å². The molecule has 0 saturated carbocycles. The molecule has 1 aliphatic rings. The van der Waals surface area contributed by atoms with E-state index in [0.717, 1.165) is 21.0 Å². The van der Waals surface area contributed by atoms with Gasteiger partial charge < -0.3 is 10.2 Å². The summed E-state index contributed by atoms with van der Waals surface area (Å²) in [6.07, 6.45) is -0.0957. The van der Waals surface area contributed by atoms with Crippen molar-refractivity contribution in [3.05, 3.63) is 51.5 Å². The van der Waals surface area contributed by atoms with Crippen LogP contribution in [0.15, 0.2) is 29.6 Å². The molecule has 1 atom stereocenters. The number of hydrogen-bond donors (Lipinski definition) is 1. The molecule has 2 heterocycles. The van der Waals surface area contributed by atoms with E-state index in [-0.39, 0.29) is 5.69 Å². The summed E-state index contributed by atoms with van der Waals surface area (Å²) >= 11 is 1.33. The monoisotopic (exact) mass is 404 g/mol. The first-order chi connectivity index (χ1) is 13.3. The lowest BCUT2D eigenvalue weighted by Gasteiger charge is -2.19. The van der Waals surface area contributed by atoms with Gasteiger partial charge in [0.25, 0.3) is 11.8 Å². The number of nitrogens with zero attached hydrogens (tertiary/aromatic N) is 3. The molecular weight excluding hydrogens is 386 g/mol. The van der Waals surface area contributed by atoms with Crippen molar-refractivity contribution >= 4 is 23.2 Å². The van der Waals surface area contributed by atoms with E-state index < -0.39 is 43.3 Å². The van der Waals surface area contributed by atoms with E-state index in [1.54, 1.807) is 11.4 Å². The van der Waals surface area contributed by atoms with Crippen LogP contribution in [-0.4, -0.2) is 46.8 Å². The lowest BCUT2D eigenvalue weighted by molar-refractivity contribution is -0.131. The van der Waals surface area contributed by atoms with E-state index in [1.165, 1.54) is 11.3 Å². The van der Waals surface area contributed by atoms with Crippen molar-refractivity contribution in [3.8, 4) is 6.07 Å². The average molecular weight is 404 g/mol. The van der Waals surface area contributed by atoms with Crippen LogP contribution in [0, 0.1) is 18.3 Å². The van der Waals surface area contributed by atoms with Gasteiger partial charge in [0, 0.05) is 18.2 Å². The molecule has 1 aromatic heterocycles. The van der Waals surface area contributed by atoms with Gasteiger partial charge in [0.05, 0.1) is 24.2 Å². The van der Waals surface area contributed by atoms with Crippen LogP contribution in [0.25, 0.3) is 0 Å². The van der Waals surface area contributed by atoms with Crippen LogP contribution in [0.3, 0.4) is 0 Å². The smallest absolute Gasteiger partial charge is 0.271 e. The van der Waals surface area contributed by atoms with Gasteiger partial charge in [-0.3, -0.25) is 9.59 Å². The number of halogens is 2. The topological polar surface area (TPSA) is 86.1 Å². The summed E-state index contributed by atoms with van der Waals surface area (Å²) in [5, 5.41) is 13.7. The SMILES string of the molecule is Cc1ccc(Cc2nc(C(=O)NCC(=O)N3CC(F)(F)C[C@H]3C#N)cs2)cc1.